The fourth-order valence-electron chi connectivity index (χ4n) is 3.01. The van der Waals surface area contributed by atoms with Crippen molar-refractivity contribution in [3.8, 4) is 0 Å². The molecule has 1 heterocycles. The first-order valence-electron chi connectivity index (χ1n) is 8.45. The van der Waals surface area contributed by atoms with E-state index in [9.17, 15) is 13.2 Å². The molecule has 0 bridgehead atoms. The first kappa shape index (κ1) is 25.9. The summed E-state index contributed by atoms with van der Waals surface area (Å²) in [6.07, 6.45) is -4.74. The predicted molar refractivity (Wildman–Crippen MR) is 109 cm³/mol. The van der Waals surface area contributed by atoms with Crippen LogP contribution in [0.1, 0.15) is 45.2 Å². The lowest BCUT2D eigenvalue weighted by Gasteiger charge is -2.36. The Labute approximate surface area is 171 Å². The molecule has 1 saturated heterocycles. The molecule has 1 aromatic carbocycles. The van der Waals surface area contributed by atoms with Crippen molar-refractivity contribution in [3.05, 3.63) is 29.8 Å². The van der Waals surface area contributed by atoms with Gasteiger partial charge in [-0.3, -0.25) is 4.90 Å². The van der Waals surface area contributed by atoms with Crippen LogP contribution in [0.4, 0.5) is 13.2 Å². The number of hydrogen-bond donors (Lipinski definition) is 1. The van der Waals surface area contributed by atoms with Crippen molar-refractivity contribution >= 4 is 36.6 Å². The molecular weight excluding hydrogens is 404 g/mol. The molecule has 1 N–H and O–H groups in total. The van der Waals surface area contributed by atoms with Crippen molar-refractivity contribution in [2.24, 2.45) is 0 Å². The minimum Gasteiger partial charge on any atom is -0.314 e. The Bertz CT molecular complexity index is 530. The van der Waals surface area contributed by atoms with Crippen LogP contribution in [-0.2, 0) is 0 Å². The second-order valence-electron chi connectivity index (χ2n) is 7.21. The van der Waals surface area contributed by atoms with Gasteiger partial charge in [0, 0.05) is 48.3 Å². The van der Waals surface area contributed by atoms with Gasteiger partial charge in [0.15, 0.2) is 0 Å². The summed E-state index contributed by atoms with van der Waals surface area (Å²) in [4.78, 5) is 3.29. The van der Waals surface area contributed by atoms with Crippen LogP contribution in [0, 0.1) is 0 Å². The molecule has 2 rings (SSSR count). The maximum absolute atomic E-state index is 12.8. The summed E-state index contributed by atoms with van der Waals surface area (Å²) in [6, 6.07) is 7.76. The minimum atomic E-state index is -4.11. The Morgan fingerprint density at radius 3 is 2.19 bits per heavy atom. The van der Waals surface area contributed by atoms with Crippen molar-refractivity contribution in [3.63, 3.8) is 0 Å². The number of piperazine rings is 1. The second-order valence-corrected chi connectivity index (χ2v) is 9.08. The summed E-state index contributed by atoms with van der Waals surface area (Å²) in [5, 5.41) is 3.28. The van der Waals surface area contributed by atoms with E-state index in [4.69, 9.17) is 0 Å². The number of hydrogen-bond acceptors (Lipinski definition) is 3. The topological polar surface area (TPSA) is 15.3 Å². The largest absolute Gasteiger partial charge is 0.389 e. The van der Waals surface area contributed by atoms with Crippen molar-refractivity contribution in [1.29, 1.82) is 0 Å². The van der Waals surface area contributed by atoms with E-state index < -0.39 is 12.6 Å². The summed E-state index contributed by atoms with van der Waals surface area (Å²) < 4.78 is 38.5. The lowest BCUT2D eigenvalue weighted by molar-refractivity contribution is -0.138. The maximum Gasteiger partial charge on any atom is 0.389 e. The van der Waals surface area contributed by atoms with Gasteiger partial charge >= 0.3 is 6.18 Å². The highest BCUT2D eigenvalue weighted by atomic mass is 35.5. The van der Waals surface area contributed by atoms with Gasteiger partial charge in [0.05, 0.1) is 0 Å². The molecule has 1 fully saturated rings. The van der Waals surface area contributed by atoms with E-state index in [0.29, 0.717) is 0 Å². The molecule has 0 radical (unpaired) electrons. The first-order valence-corrected chi connectivity index (χ1v) is 9.27. The monoisotopic (exact) mass is 432 g/mol. The standard InChI is InChI=1S/C18H27F3N2S.2ClH/c1-17(2,3)24-16-7-5-4-6-14(16)15(8-9-18(19,20)21)23-12-10-22-11-13-23;;/h4-7,15,22H,8-13H2,1-3H3;2*1H/t15-;;/m1../s1. The average Bonchev–Trinajstić information content (AvgIpc) is 2.47. The van der Waals surface area contributed by atoms with Crippen molar-refractivity contribution in [2.75, 3.05) is 26.2 Å². The molecule has 2 nitrogen and oxygen atoms in total. The number of benzene rings is 1. The van der Waals surface area contributed by atoms with Gasteiger partial charge in [0.1, 0.15) is 0 Å². The van der Waals surface area contributed by atoms with Gasteiger partial charge in [0.2, 0.25) is 0 Å². The number of rotatable bonds is 5. The lowest BCUT2D eigenvalue weighted by Crippen LogP contribution is -2.45. The van der Waals surface area contributed by atoms with Crippen LogP contribution in [0.3, 0.4) is 0 Å². The van der Waals surface area contributed by atoms with Gasteiger partial charge in [-0.15, -0.1) is 36.6 Å². The van der Waals surface area contributed by atoms with Gasteiger partial charge in [-0.05, 0) is 18.1 Å². The predicted octanol–water partition coefficient (Wildman–Crippen LogP) is 5.71. The summed E-state index contributed by atoms with van der Waals surface area (Å²) in [6.45, 7) is 9.63. The van der Waals surface area contributed by atoms with Crippen LogP contribution in [-0.4, -0.2) is 42.0 Å². The van der Waals surface area contributed by atoms with Crippen LogP contribution < -0.4 is 5.32 Å². The van der Waals surface area contributed by atoms with E-state index in [-0.39, 0.29) is 42.0 Å². The van der Waals surface area contributed by atoms with Crippen LogP contribution >= 0.6 is 36.6 Å². The van der Waals surface area contributed by atoms with Gasteiger partial charge < -0.3 is 5.32 Å². The van der Waals surface area contributed by atoms with Gasteiger partial charge in [-0.1, -0.05) is 39.0 Å². The number of nitrogens with zero attached hydrogens (tertiary/aromatic N) is 1. The van der Waals surface area contributed by atoms with Crippen molar-refractivity contribution in [1.82, 2.24) is 10.2 Å². The second kappa shape index (κ2) is 11.0. The molecule has 0 aliphatic carbocycles. The molecule has 26 heavy (non-hydrogen) atoms. The van der Waals surface area contributed by atoms with Crippen LogP contribution in [0.5, 0.6) is 0 Å². The number of thioether (sulfide) groups is 1. The maximum atomic E-state index is 12.8. The third-order valence-electron chi connectivity index (χ3n) is 3.99. The molecule has 0 amide bonds. The molecule has 0 unspecified atom stereocenters. The smallest absolute Gasteiger partial charge is 0.314 e. The van der Waals surface area contributed by atoms with Crippen molar-refractivity contribution in [2.45, 2.75) is 55.5 Å². The highest BCUT2D eigenvalue weighted by Crippen LogP contribution is 2.40. The highest BCUT2D eigenvalue weighted by molar-refractivity contribution is 8.00. The van der Waals surface area contributed by atoms with Crippen LogP contribution in [0.2, 0.25) is 0 Å². The van der Waals surface area contributed by atoms with Gasteiger partial charge in [-0.25, -0.2) is 0 Å². The normalized spacial score (nSPS) is 17.2. The summed E-state index contributed by atoms with van der Waals surface area (Å²) in [5.74, 6) is 0. The fourth-order valence-corrected chi connectivity index (χ4v) is 4.14. The Morgan fingerprint density at radius 2 is 1.65 bits per heavy atom. The third-order valence-corrected chi connectivity index (χ3v) is 5.19. The van der Waals surface area contributed by atoms with E-state index in [1.54, 1.807) is 11.8 Å². The molecule has 0 saturated carbocycles. The Morgan fingerprint density at radius 1 is 1.08 bits per heavy atom. The summed E-state index contributed by atoms with van der Waals surface area (Å²) >= 11 is 1.73. The number of nitrogens with one attached hydrogen (secondary N) is 1. The lowest BCUT2D eigenvalue weighted by atomic mass is 9.99. The van der Waals surface area contributed by atoms with E-state index >= 15 is 0 Å². The van der Waals surface area contributed by atoms with E-state index in [1.807, 2.05) is 24.3 Å². The molecule has 8 heteroatoms. The molecule has 1 aromatic rings. The molecule has 1 atom stereocenters. The molecule has 0 spiro atoms. The fraction of sp³-hybridized carbons (Fsp3) is 0.667. The minimum absolute atomic E-state index is 0. The molecule has 0 aromatic heterocycles. The number of alkyl halides is 3. The number of halogens is 5. The zero-order chi connectivity index (χ0) is 17.8. The van der Waals surface area contributed by atoms with E-state index in [1.165, 1.54) is 0 Å². The Balaban J connectivity index is 0.00000312. The average molecular weight is 433 g/mol. The molecule has 1 aliphatic rings. The summed E-state index contributed by atoms with van der Waals surface area (Å²) in [5.41, 5.74) is 1.03. The highest BCUT2D eigenvalue weighted by Gasteiger charge is 2.32. The van der Waals surface area contributed by atoms with E-state index in [2.05, 4.69) is 31.0 Å². The van der Waals surface area contributed by atoms with Crippen molar-refractivity contribution < 1.29 is 13.2 Å². The summed E-state index contributed by atoms with van der Waals surface area (Å²) in [7, 11) is 0. The zero-order valence-electron chi connectivity index (χ0n) is 15.4. The molecular formula is C18H29Cl2F3N2S. The zero-order valence-corrected chi connectivity index (χ0v) is 17.9. The quantitative estimate of drug-likeness (QED) is 0.599. The third kappa shape index (κ3) is 8.70. The Kier molecular flexibility index (Phi) is 10.9. The van der Waals surface area contributed by atoms with Crippen LogP contribution in [0.25, 0.3) is 0 Å². The Hall–Kier alpha value is -0.140. The molecule has 1 aliphatic heterocycles. The molecule has 152 valence electrons. The van der Waals surface area contributed by atoms with Crippen LogP contribution in [0.15, 0.2) is 29.2 Å². The SMILES string of the molecule is CC(C)(C)Sc1ccccc1[C@@H](CCC(F)(F)F)N1CCNCC1.Cl.Cl. The van der Waals surface area contributed by atoms with Gasteiger partial charge in [0.25, 0.3) is 0 Å². The first-order chi connectivity index (χ1) is 11.2. The van der Waals surface area contributed by atoms with E-state index in [0.717, 1.165) is 36.6 Å². The van der Waals surface area contributed by atoms with Gasteiger partial charge in [-0.2, -0.15) is 13.2 Å².